The first kappa shape index (κ1) is 11.9. The second-order valence-corrected chi connectivity index (χ2v) is 4.45. The summed E-state index contributed by atoms with van der Waals surface area (Å²) >= 11 is 0. The molecule has 0 unspecified atom stereocenters. The summed E-state index contributed by atoms with van der Waals surface area (Å²) in [5, 5.41) is 3.07. The van der Waals surface area contributed by atoms with E-state index in [4.69, 9.17) is 0 Å². The molecular formula is C7H18N2O2S. The molecule has 4 nitrogen and oxygen atoms in total. The summed E-state index contributed by atoms with van der Waals surface area (Å²) in [4.78, 5) is 0. The molecule has 0 bridgehead atoms. The Morgan fingerprint density at radius 2 is 1.83 bits per heavy atom. The van der Waals surface area contributed by atoms with Gasteiger partial charge in [0.1, 0.15) is 0 Å². The quantitative estimate of drug-likeness (QED) is 0.558. The molecule has 0 aliphatic rings. The van der Waals surface area contributed by atoms with Crippen LogP contribution in [0.2, 0.25) is 0 Å². The van der Waals surface area contributed by atoms with Gasteiger partial charge in [-0.05, 0) is 19.5 Å². The zero-order valence-corrected chi connectivity index (χ0v) is 8.58. The first-order valence-electron chi connectivity index (χ1n) is 4.30. The van der Waals surface area contributed by atoms with E-state index in [1.807, 2.05) is 6.92 Å². The van der Waals surface area contributed by atoms with Crippen molar-refractivity contribution in [3.05, 3.63) is 0 Å². The summed E-state index contributed by atoms with van der Waals surface area (Å²) in [6.07, 6.45) is 0.670. The second-order valence-electron chi connectivity index (χ2n) is 2.52. The van der Waals surface area contributed by atoms with E-state index in [0.717, 1.165) is 13.1 Å². The Hall–Kier alpha value is -0.130. The molecule has 0 aromatic rings. The molecule has 0 saturated heterocycles. The standard InChI is InChI=1S/C7H18N2O2S/c1-3-8-6-5-7-12(10,11)9-4-2/h8-9H,3-7H2,1-2H3. The number of hydrogen-bond donors (Lipinski definition) is 2. The lowest BCUT2D eigenvalue weighted by molar-refractivity contribution is 0.578. The van der Waals surface area contributed by atoms with Crippen molar-refractivity contribution in [1.82, 2.24) is 10.0 Å². The Balaban J connectivity index is 3.48. The summed E-state index contributed by atoms with van der Waals surface area (Å²) < 4.78 is 24.6. The van der Waals surface area contributed by atoms with Crippen molar-refractivity contribution < 1.29 is 8.42 Å². The Bertz CT molecular complexity index is 190. The topological polar surface area (TPSA) is 58.2 Å². The molecule has 2 N–H and O–H groups in total. The minimum absolute atomic E-state index is 0.216. The molecule has 0 radical (unpaired) electrons. The molecule has 0 fully saturated rings. The van der Waals surface area contributed by atoms with E-state index in [-0.39, 0.29) is 5.75 Å². The SMILES string of the molecule is CCNCCCS(=O)(=O)NCC. The average molecular weight is 194 g/mol. The van der Waals surface area contributed by atoms with Gasteiger partial charge in [-0.1, -0.05) is 13.8 Å². The third-order valence-electron chi connectivity index (χ3n) is 1.38. The molecule has 12 heavy (non-hydrogen) atoms. The zero-order chi connectivity index (χ0) is 9.45. The summed E-state index contributed by atoms with van der Waals surface area (Å²) in [5.74, 6) is 0.216. The minimum Gasteiger partial charge on any atom is -0.317 e. The van der Waals surface area contributed by atoms with Crippen molar-refractivity contribution in [2.75, 3.05) is 25.4 Å². The fraction of sp³-hybridized carbons (Fsp3) is 1.00. The Kier molecular flexibility index (Phi) is 6.32. The highest BCUT2D eigenvalue weighted by atomic mass is 32.2. The van der Waals surface area contributed by atoms with Gasteiger partial charge in [-0.25, -0.2) is 13.1 Å². The van der Waals surface area contributed by atoms with Crippen LogP contribution in [0.1, 0.15) is 20.3 Å². The average Bonchev–Trinajstić information content (AvgIpc) is 1.98. The molecule has 0 saturated carbocycles. The molecule has 5 heteroatoms. The van der Waals surface area contributed by atoms with Crippen molar-refractivity contribution in [3.8, 4) is 0 Å². The van der Waals surface area contributed by atoms with Crippen LogP contribution in [0.25, 0.3) is 0 Å². The Morgan fingerprint density at radius 1 is 1.17 bits per heavy atom. The fourth-order valence-electron chi connectivity index (χ4n) is 0.856. The second kappa shape index (κ2) is 6.39. The van der Waals surface area contributed by atoms with Crippen molar-refractivity contribution in [2.45, 2.75) is 20.3 Å². The van der Waals surface area contributed by atoms with E-state index in [9.17, 15) is 8.42 Å². The van der Waals surface area contributed by atoms with Gasteiger partial charge in [-0.3, -0.25) is 0 Å². The maximum absolute atomic E-state index is 11.1. The van der Waals surface area contributed by atoms with Gasteiger partial charge in [0, 0.05) is 6.54 Å². The van der Waals surface area contributed by atoms with Crippen LogP contribution in [0.3, 0.4) is 0 Å². The van der Waals surface area contributed by atoms with E-state index >= 15 is 0 Å². The van der Waals surface area contributed by atoms with Crippen LogP contribution in [-0.4, -0.2) is 33.8 Å². The Morgan fingerprint density at radius 3 is 2.33 bits per heavy atom. The number of sulfonamides is 1. The molecule has 0 heterocycles. The largest absolute Gasteiger partial charge is 0.317 e. The van der Waals surface area contributed by atoms with Crippen LogP contribution in [0.4, 0.5) is 0 Å². The van der Waals surface area contributed by atoms with Crippen LogP contribution >= 0.6 is 0 Å². The number of nitrogens with one attached hydrogen (secondary N) is 2. The molecule has 0 aliphatic heterocycles. The molecule has 0 aliphatic carbocycles. The highest BCUT2D eigenvalue weighted by Crippen LogP contribution is 1.87. The number of rotatable bonds is 7. The van der Waals surface area contributed by atoms with Gasteiger partial charge in [0.15, 0.2) is 0 Å². The Labute approximate surface area is 74.8 Å². The molecule has 0 spiro atoms. The van der Waals surface area contributed by atoms with Gasteiger partial charge in [0.2, 0.25) is 10.0 Å². The maximum Gasteiger partial charge on any atom is 0.211 e. The van der Waals surface area contributed by atoms with Gasteiger partial charge >= 0.3 is 0 Å². The highest BCUT2D eigenvalue weighted by Gasteiger charge is 2.06. The van der Waals surface area contributed by atoms with Crippen LogP contribution in [0.15, 0.2) is 0 Å². The van der Waals surface area contributed by atoms with E-state index in [1.165, 1.54) is 0 Å². The number of hydrogen-bond acceptors (Lipinski definition) is 3. The minimum atomic E-state index is -3.00. The van der Waals surface area contributed by atoms with Gasteiger partial charge in [-0.2, -0.15) is 0 Å². The first-order chi connectivity index (χ1) is 5.62. The molecule has 0 atom stereocenters. The lowest BCUT2D eigenvalue weighted by Crippen LogP contribution is -2.28. The maximum atomic E-state index is 11.1. The lowest BCUT2D eigenvalue weighted by Gasteiger charge is -2.03. The summed E-state index contributed by atoms with van der Waals surface area (Å²) in [6.45, 7) is 5.91. The zero-order valence-electron chi connectivity index (χ0n) is 7.76. The fourth-order valence-corrected chi connectivity index (χ4v) is 1.96. The summed E-state index contributed by atoms with van der Waals surface area (Å²) in [6, 6.07) is 0. The highest BCUT2D eigenvalue weighted by molar-refractivity contribution is 7.89. The van der Waals surface area contributed by atoms with Gasteiger partial charge < -0.3 is 5.32 Å². The predicted molar refractivity (Wildman–Crippen MR) is 50.6 cm³/mol. The third-order valence-corrected chi connectivity index (χ3v) is 2.94. The molecule has 0 aromatic heterocycles. The molecular weight excluding hydrogens is 176 g/mol. The molecule has 0 amide bonds. The van der Waals surface area contributed by atoms with Crippen LogP contribution < -0.4 is 10.0 Å². The first-order valence-corrected chi connectivity index (χ1v) is 5.95. The molecule has 0 aromatic carbocycles. The van der Waals surface area contributed by atoms with Crippen molar-refractivity contribution >= 4 is 10.0 Å². The van der Waals surface area contributed by atoms with Crippen molar-refractivity contribution in [1.29, 1.82) is 0 Å². The summed E-state index contributed by atoms with van der Waals surface area (Å²) in [7, 11) is -3.00. The van der Waals surface area contributed by atoms with E-state index in [2.05, 4.69) is 10.0 Å². The smallest absolute Gasteiger partial charge is 0.211 e. The third kappa shape index (κ3) is 6.57. The van der Waals surface area contributed by atoms with Crippen LogP contribution in [0, 0.1) is 0 Å². The van der Waals surface area contributed by atoms with Crippen LogP contribution in [-0.2, 0) is 10.0 Å². The van der Waals surface area contributed by atoms with Crippen LogP contribution in [0.5, 0.6) is 0 Å². The predicted octanol–water partition coefficient (Wildman–Crippen LogP) is -0.0747. The van der Waals surface area contributed by atoms with Crippen molar-refractivity contribution in [2.24, 2.45) is 0 Å². The van der Waals surface area contributed by atoms with E-state index < -0.39 is 10.0 Å². The molecule has 0 rings (SSSR count). The van der Waals surface area contributed by atoms with Gasteiger partial charge in [0.05, 0.1) is 5.75 Å². The monoisotopic (exact) mass is 194 g/mol. The summed E-state index contributed by atoms with van der Waals surface area (Å²) in [5.41, 5.74) is 0. The van der Waals surface area contributed by atoms with Crippen molar-refractivity contribution in [3.63, 3.8) is 0 Å². The van der Waals surface area contributed by atoms with Gasteiger partial charge in [-0.15, -0.1) is 0 Å². The lowest BCUT2D eigenvalue weighted by atomic mass is 10.5. The van der Waals surface area contributed by atoms with E-state index in [0.29, 0.717) is 13.0 Å². The normalized spacial score (nSPS) is 11.8. The van der Waals surface area contributed by atoms with Gasteiger partial charge in [0.25, 0.3) is 0 Å². The van der Waals surface area contributed by atoms with E-state index in [1.54, 1.807) is 6.92 Å². The molecule has 74 valence electrons.